The van der Waals surface area contributed by atoms with Crippen molar-refractivity contribution in [1.82, 2.24) is 0 Å². The van der Waals surface area contributed by atoms with Crippen molar-refractivity contribution in [2.24, 2.45) is 5.92 Å². The van der Waals surface area contributed by atoms with Crippen LogP contribution in [0.5, 0.6) is 0 Å². The van der Waals surface area contributed by atoms with Crippen LogP contribution in [0, 0.1) is 5.92 Å². The van der Waals surface area contributed by atoms with Crippen molar-refractivity contribution >= 4 is 0 Å². The van der Waals surface area contributed by atoms with Crippen LogP contribution >= 0.6 is 0 Å². The second kappa shape index (κ2) is 3.75. The van der Waals surface area contributed by atoms with E-state index in [1.807, 2.05) is 0 Å². The molecule has 0 heterocycles. The van der Waals surface area contributed by atoms with Gasteiger partial charge in [-0.1, -0.05) is 23.3 Å². The minimum Gasteiger partial charge on any atom is -0.0914 e. The van der Waals surface area contributed by atoms with E-state index in [1.54, 1.807) is 11.1 Å². The zero-order chi connectivity index (χ0) is 8.27. The Balaban J connectivity index is 2.57. The number of allylic oxidation sites excluding steroid dienone is 4. The van der Waals surface area contributed by atoms with E-state index in [0.29, 0.717) is 0 Å². The number of hydrogen-bond donors (Lipinski definition) is 0. The van der Waals surface area contributed by atoms with Gasteiger partial charge in [0.1, 0.15) is 0 Å². The fraction of sp³-hybridized carbons (Fsp3) is 0.636. The maximum Gasteiger partial charge on any atom is -0.0193 e. The highest BCUT2D eigenvalue weighted by atomic mass is 14.2. The molecule has 0 aromatic rings. The first-order valence-electron chi connectivity index (χ1n) is 4.52. The molecule has 1 atom stereocenters. The van der Waals surface area contributed by atoms with Gasteiger partial charge in [-0.2, -0.15) is 0 Å². The lowest BCUT2D eigenvalue weighted by molar-refractivity contribution is 0.546. The van der Waals surface area contributed by atoms with Gasteiger partial charge in [0.25, 0.3) is 0 Å². The number of rotatable bonds is 1. The van der Waals surface area contributed by atoms with E-state index in [1.165, 1.54) is 19.3 Å². The molecule has 0 aromatic heterocycles. The molecule has 0 heteroatoms. The van der Waals surface area contributed by atoms with Crippen molar-refractivity contribution < 1.29 is 0 Å². The van der Waals surface area contributed by atoms with Crippen LogP contribution < -0.4 is 0 Å². The summed E-state index contributed by atoms with van der Waals surface area (Å²) in [5, 5.41) is 0. The molecule has 1 aliphatic rings. The monoisotopic (exact) mass is 150 g/mol. The summed E-state index contributed by atoms with van der Waals surface area (Å²) in [7, 11) is 0. The Morgan fingerprint density at radius 2 is 2.00 bits per heavy atom. The lowest BCUT2D eigenvalue weighted by Gasteiger charge is -2.21. The van der Waals surface area contributed by atoms with Gasteiger partial charge < -0.3 is 0 Å². The lowest BCUT2D eigenvalue weighted by Crippen LogP contribution is -2.05. The molecule has 11 heavy (non-hydrogen) atoms. The highest BCUT2D eigenvalue weighted by Crippen LogP contribution is 2.29. The Bertz CT molecular complexity index is 184. The highest BCUT2D eigenvalue weighted by molar-refractivity contribution is 5.15. The van der Waals surface area contributed by atoms with E-state index in [4.69, 9.17) is 0 Å². The third-order valence-electron chi connectivity index (χ3n) is 2.65. The molecule has 0 bridgehead atoms. The maximum atomic E-state index is 2.34. The second-order valence-electron chi connectivity index (χ2n) is 3.59. The van der Waals surface area contributed by atoms with E-state index < -0.39 is 0 Å². The van der Waals surface area contributed by atoms with Crippen molar-refractivity contribution in [2.75, 3.05) is 0 Å². The molecule has 0 amide bonds. The third kappa shape index (κ3) is 2.21. The minimum absolute atomic E-state index is 0.823. The van der Waals surface area contributed by atoms with Gasteiger partial charge in [0.05, 0.1) is 0 Å². The fourth-order valence-electron chi connectivity index (χ4n) is 1.72. The van der Waals surface area contributed by atoms with Crippen LogP contribution in [0.15, 0.2) is 23.3 Å². The lowest BCUT2D eigenvalue weighted by atomic mass is 9.85. The predicted octanol–water partition coefficient (Wildman–Crippen LogP) is 3.70. The molecular weight excluding hydrogens is 132 g/mol. The summed E-state index contributed by atoms with van der Waals surface area (Å²) in [5.74, 6) is 0.823. The molecule has 1 unspecified atom stereocenters. The normalized spacial score (nSPS) is 26.6. The van der Waals surface area contributed by atoms with E-state index in [-0.39, 0.29) is 0 Å². The molecule has 1 rings (SSSR count). The SMILES string of the molecule is CC=CC1CCC(C)=C(C)C1. The van der Waals surface area contributed by atoms with Gasteiger partial charge in [-0.05, 0) is 46.0 Å². The van der Waals surface area contributed by atoms with Gasteiger partial charge in [-0.3, -0.25) is 0 Å². The largest absolute Gasteiger partial charge is 0.0914 e. The van der Waals surface area contributed by atoms with Gasteiger partial charge in [-0.25, -0.2) is 0 Å². The first kappa shape index (κ1) is 8.58. The first-order valence-corrected chi connectivity index (χ1v) is 4.52. The van der Waals surface area contributed by atoms with E-state index in [2.05, 4.69) is 32.9 Å². The third-order valence-corrected chi connectivity index (χ3v) is 2.65. The molecule has 0 spiro atoms. The van der Waals surface area contributed by atoms with Crippen molar-refractivity contribution in [3.8, 4) is 0 Å². The van der Waals surface area contributed by atoms with Crippen LogP contribution in [0.4, 0.5) is 0 Å². The summed E-state index contributed by atoms with van der Waals surface area (Å²) in [6, 6.07) is 0. The molecule has 0 saturated carbocycles. The molecular formula is C11H18. The van der Waals surface area contributed by atoms with Crippen LogP contribution in [0.2, 0.25) is 0 Å². The topological polar surface area (TPSA) is 0 Å². The Hall–Kier alpha value is -0.520. The highest BCUT2D eigenvalue weighted by Gasteiger charge is 2.12. The first-order chi connectivity index (χ1) is 5.24. The van der Waals surface area contributed by atoms with Gasteiger partial charge in [0.15, 0.2) is 0 Å². The summed E-state index contributed by atoms with van der Waals surface area (Å²) in [4.78, 5) is 0. The molecule has 0 fully saturated rings. The average Bonchev–Trinajstić information content (AvgIpc) is 1.98. The Labute approximate surface area is 70.0 Å². The molecule has 0 aromatic carbocycles. The van der Waals surface area contributed by atoms with Crippen molar-refractivity contribution in [2.45, 2.75) is 40.0 Å². The zero-order valence-corrected chi connectivity index (χ0v) is 7.85. The Kier molecular flexibility index (Phi) is 2.92. The van der Waals surface area contributed by atoms with Crippen LogP contribution in [0.1, 0.15) is 40.0 Å². The van der Waals surface area contributed by atoms with Crippen LogP contribution in [-0.4, -0.2) is 0 Å². The van der Waals surface area contributed by atoms with E-state index in [0.717, 1.165) is 5.92 Å². The molecule has 0 saturated heterocycles. The van der Waals surface area contributed by atoms with Crippen LogP contribution in [0.3, 0.4) is 0 Å². The van der Waals surface area contributed by atoms with Gasteiger partial charge in [-0.15, -0.1) is 0 Å². The molecule has 1 aliphatic carbocycles. The van der Waals surface area contributed by atoms with Crippen LogP contribution in [0.25, 0.3) is 0 Å². The summed E-state index contributed by atoms with van der Waals surface area (Å²) in [6.07, 6.45) is 8.47. The minimum atomic E-state index is 0.823. The summed E-state index contributed by atoms with van der Waals surface area (Å²) in [5.41, 5.74) is 3.23. The average molecular weight is 150 g/mol. The quantitative estimate of drug-likeness (QED) is 0.500. The summed E-state index contributed by atoms with van der Waals surface area (Å²) < 4.78 is 0. The molecule has 0 radical (unpaired) electrons. The molecule has 0 nitrogen and oxygen atoms in total. The second-order valence-corrected chi connectivity index (χ2v) is 3.59. The fourth-order valence-corrected chi connectivity index (χ4v) is 1.72. The van der Waals surface area contributed by atoms with Crippen LogP contribution in [-0.2, 0) is 0 Å². The Morgan fingerprint density at radius 3 is 2.55 bits per heavy atom. The maximum absolute atomic E-state index is 2.34. The van der Waals surface area contributed by atoms with Gasteiger partial charge in [0.2, 0.25) is 0 Å². The zero-order valence-electron chi connectivity index (χ0n) is 7.85. The predicted molar refractivity (Wildman–Crippen MR) is 50.5 cm³/mol. The van der Waals surface area contributed by atoms with Gasteiger partial charge in [0, 0.05) is 0 Å². The number of hydrogen-bond acceptors (Lipinski definition) is 0. The molecule has 62 valence electrons. The smallest absolute Gasteiger partial charge is 0.0193 e. The summed E-state index contributed by atoms with van der Waals surface area (Å²) in [6.45, 7) is 6.65. The summed E-state index contributed by atoms with van der Waals surface area (Å²) >= 11 is 0. The Morgan fingerprint density at radius 1 is 1.27 bits per heavy atom. The van der Waals surface area contributed by atoms with Crippen molar-refractivity contribution in [3.05, 3.63) is 23.3 Å². The van der Waals surface area contributed by atoms with Crippen molar-refractivity contribution in [3.63, 3.8) is 0 Å². The van der Waals surface area contributed by atoms with E-state index in [9.17, 15) is 0 Å². The molecule has 0 aliphatic heterocycles. The van der Waals surface area contributed by atoms with Crippen molar-refractivity contribution in [1.29, 1.82) is 0 Å². The standard InChI is InChI=1S/C11H18/c1-4-5-11-7-6-9(2)10(3)8-11/h4-5,11H,6-8H2,1-3H3. The molecule has 0 N–H and O–H groups in total. The van der Waals surface area contributed by atoms with E-state index >= 15 is 0 Å². The van der Waals surface area contributed by atoms with Gasteiger partial charge >= 0.3 is 0 Å².